The molecule has 2 aliphatic rings. The Morgan fingerprint density at radius 3 is 2.51 bits per heavy atom. The third-order valence-corrected chi connectivity index (χ3v) is 8.87. The van der Waals surface area contributed by atoms with Gasteiger partial charge < -0.3 is 20.4 Å². The summed E-state index contributed by atoms with van der Waals surface area (Å²) >= 11 is 3.30. The second kappa shape index (κ2) is 10.3. The summed E-state index contributed by atoms with van der Waals surface area (Å²) in [5.74, 6) is -0.969. The largest absolute Gasteiger partial charge is 0.388 e. The number of hydrogen-bond acceptors (Lipinski definition) is 9. The molecule has 1 saturated carbocycles. The van der Waals surface area contributed by atoms with Crippen molar-refractivity contribution in [3.05, 3.63) is 63.9 Å². The summed E-state index contributed by atoms with van der Waals surface area (Å²) in [4.78, 5) is 54.3. The van der Waals surface area contributed by atoms with Crippen LogP contribution >= 0.6 is 15.9 Å². The van der Waals surface area contributed by atoms with Gasteiger partial charge in [0.15, 0.2) is 0 Å². The third-order valence-electron chi connectivity index (χ3n) is 8.43. The summed E-state index contributed by atoms with van der Waals surface area (Å²) in [5.41, 5.74) is 0.942. The molecule has 1 aromatic carbocycles. The number of rotatable bonds is 7. The van der Waals surface area contributed by atoms with Crippen molar-refractivity contribution in [1.82, 2.24) is 29.6 Å². The molecule has 0 radical (unpaired) electrons. The lowest BCUT2D eigenvalue weighted by Crippen LogP contribution is -2.58. The number of aliphatic hydroxyl groups is 2. The fourth-order valence-electron chi connectivity index (χ4n) is 6.13. The third kappa shape index (κ3) is 4.90. The van der Waals surface area contributed by atoms with Gasteiger partial charge in [-0.2, -0.15) is 5.10 Å². The van der Waals surface area contributed by atoms with E-state index in [0.29, 0.717) is 33.3 Å². The van der Waals surface area contributed by atoms with E-state index in [1.165, 1.54) is 9.58 Å². The Bertz CT molecular complexity index is 1820. The molecule has 13 heteroatoms. The molecule has 4 aromatic rings. The number of carbonyl (C=O) groups is 3. The van der Waals surface area contributed by atoms with Gasteiger partial charge >= 0.3 is 0 Å². The summed E-state index contributed by atoms with van der Waals surface area (Å²) in [7, 11) is 0. The summed E-state index contributed by atoms with van der Waals surface area (Å²) in [5, 5.41) is 29.1. The summed E-state index contributed by atoms with van der Waals surface area (Å²) in [6.07, 6.45) is 4.09. The number of nitrogens with zero attached hydrogens (tertiary/aromatic N) is 6. The number of fused-ring (bicyclic) bond motifs is 2. The highest BCUT2D eigenvalue weighted by atomic mass is 79.9. The standard InChI is InChI=1S/C30H30BrN7O5/c1-15-5-6-23(31)34-27(15)35-28(42)30(43)14-29(4)9-22(29)38(30)24(41)12-37-26-16(2)7-18(19-10-32-17(3)33-11-19)8-20(26)25(36-37)21(40)13-39/h5-8,10-11,22,39,43H,9,12-14H2,1-4H3,(H,34,35,42)/t22-,29-,30-/m1/s1. The van der Waals surface area contributed by atoms with Crippen molar-refractivity contribution in [2.45, 2.75) is 58.8 Å². The molecule has 0 bridgehead atoms. The Morgan fingerprint density at radius 1 is 1.09 bits per heavy atom. The molecular weight excluding hydrogens is 618 g/mol. The maximum atomic E-state index is 14.0. The zero-order chi connectivity index (χ0) is 30.8. The van der Waals surface area contributed by atoms with Gasteiger partial charge in [-0.15, -0.1) is 0 Å². The molecule has 4 heterocycles. The molecule has 0 spiro atoms. The van der Waals surface area contributed by atoms with Crippen molar-refractivity contribution < 1.29 is 24.6 Å². The van der Waals surface area contributed by atoms with Crippen molar-refractivity contribution in [3.8, 4) is 11.1 Å². The van der Waals surface area contributed by atoms with E-state index in [2.05, 4.69) is 41.3 Å². The van der Waals surface area contributed by atoms with Gasteiger partial charge in [-0.1, -0.05) is 13.0 Å². The smallest absolute Gasteiger partial charge is 0.278 e. The first kappa shape index (κ1) is 29.0. The second-order valence-electron chi connectivity index (χ2n) is 11.7. The van der Waals surface area contributed by atoms with E-state index in [-0.39, 0.29) is 30.5 Å². The molecule has 12 nitrogen and oxygen atoms in total. The predicted octanol–water partition coefficient (Wildman–Crippen LogP) is 3.09. The van der Waals surface area contributed by atoms with Crippen molar-refractivity contribution in [3.63, 3.8) is 0 Å². The molecule has 2 fully saturated rings. The highest BCUT2D eigenvalue weighted by Gasteiger charge is 2.71. The van der Waals surface area contributed by atoms with Gasteiger partial charge in [0.1, 0.15) is 35.1 Å². The van der Waals surface area contributed by atoms with Gasteiger partial charge in [0, 0.05) is 35.8 Å². The molecule has 222 valence electrons. The highest BCUT2D eigenvalue weighted by molar-refractivity contribution is 9.10. The summed E-state index contributed by atoms with van der Waals surface area (Å²) in [6.45, 7) is 6.25. The van der Waals surface area contributed by atoms with E-state index >= 15 is 0 Å². The Hall–Kier alpha value is -4.07. The Labute approximate surface area is 255 Å². The van der Waals surface area contributed by atoms with Gasteiger partial charge in [-0.25, -0.2) is 15.0 Å². The van der Waals surface area contributed by atoms with Crippen LogP contribution in [0.15, 0.2) is 41.3 Å². The Kier molecular flexibility index (Phi) is 6.94. The number of carbonyl (C=O) groups excluding carboxylic acids is 3. The van der Waals surface area contributed by atoms with Crippen molar-refractivity contribution >= 4 is 50.2 Å². The van der Waals surface area contributed by atoms with Crippen LogP contribution in [0.5, 0.6) is 0 Å². The lowest BCUT2D eigenvalue weighted by atomic mass is 9.98. The van der Waals surface area contributed by atoms with Crippen LogP contribution in [0.1, 0.15) is 47.2 Å². The fraction of sp³-hybridized carbons (Fsp3) is 0.367. The van der Waals surface area contributed by atoms with E-state index in [1.807, 2.05) is 19.9 Å². The van der Waals surface area contributed by atoms with E-state index in [1.54, 1.807) is 44.4 Å². The molecule has 0 unspecified atom stereocenters. The normalized spacial score (nSPS) is 22.5. The Balaban J connectivity index is 1.36. The lowest BCUT2D eigenvalue weighted by Gasteiger charge is -2.35. The molecule has 1 aliphatic carbocycles. The van der Waals surface area contributed by atoms with Crippen LogP contribution in [0.2, 0.25) is 0 Å². The highest BCUT2D eigenvalue weighted by Crippen LogP contribution is 2.62. The zero-order valence-corrected chi connectivity index (χ0v) is 25.6. The molecule has 6 rings (SSSR count). The number of piperidine rings is 1. The van der Waals surface area contributed by atoms with Gasteiger partial charge in [0.2, 0.25) is 17.4 Å². The quantitative estimate of drug-likeness (QED) is 0.202. The number of benzene rings is 1. The number of ketones is 1. The summed E-state index contributed by atoms with van der Waals surface area (Å²) < 4.78 is 1.92. The minimum atomic E-state index is -2.11. The van der Waals surface area contributed by atoms with Gasteiger partial charge in [-0.3, -0.25) is 19.1 Å². The maximum absolute atomic E-state index is 14.0. The van der Waals surface area contributed by atoms with E-state index in [4.69, 9.17) is 0 Å². The molecule has 1 aliphatic heterocycles. The minimum Gasteiger partial charge on any atom is -0.388 e. The average Bonchev–Trinajstić information content (AvgIpc) is 3.33. The molecule has 2 amide bonds. The van der Waals surface area contributed by atoms with E-state index in [0.717, 1.165) is 16.7 Å². The van der Waals surface area contributed by atoms with Gasteiger partial charge in [0.25, 0.3) is 5.91 Å². The molecule has 1 saturated heterocycles. The predicted molar refractivity (Wildman–Crippen MR) is 160 cm³/mol. The lowest BCUT2D eigenvalue weighted by molar-refractivity contribution is -0.168. The van der Waals surface area contributed by atoms with Crippen LogP contribution in [0.4, 0.5) is 5.82 Å². The van der Waals surface area contributed by atoms with Crippen molar-refractivity contribution in [1.29, 1.82) is 0 Å². The van der Waals surface area contributed by atoms with Crippen LogP contribution in [-0.2, 0) is 16.1 Å². The minimum absolute atomic E-state index is 0.0187. The molecular formula is C30H30BrN7O5. The van der Waals surface area contributed by atoms with Crippen LogP contribution < -0.4 is 5.32 Å². The van der Waals surface area contributed by atoms with Crippen molar-refractivity contribution in [2.75, 3.05) is 11.9 Å². The van der Waals surface area contributed by atoms with Crippen LogP contribution in [0.25, 0.3) is 22.0 Å². The van der Waals surface area contributed by atoms with Gasteiger partial charge in [0.05, 0.1) is 5.52 Å². The first-order chi connectivity index (χ1) is 20.3. The van der Waals surface area contributed by atoms with E-state index in [9.17, 15) is 24.6 Å². The van der Waals surface area contributed by atoms with Crippen LogP contribution in [0.3, 0.4) is 0 Å². The first-order valence-electron chi connectivity index (χ1n) is 13.8. The number of likely N-dealkylation sites (tertiary alicyclic amines) is 1. The number of nitrogens with one attached hydrogen (secondary N) is 1. The van der Waals surface area contributed by atoms with Crippen LogP contribution in [0, 0.1) is 26.2 Å². The number of Topliss-reactive ketones (excluding diaryl/α,β-unsaturated/α-hetero) is 1. The van der Waals surface area contributed by atoms with Crippen molar-refractivity contribution in [2.24, 2.45) is 5.41 Å². The van der Waals surface area contributed by atoms with Gasteiger partial charge in [-0.05, 0) is 83.4 Å². The number of hydrogen-bond donors (Lipinski definition) is 3. The number of aromatic nitrogens is 5. The summed E-state index contributed by atoms with van der Waals surface area (Å²) in [6, 6.07) is 6.84. The molecule has 3 aromatic heterocycles. The number of halogens is 1. The number of aryl methyl sites for hydroxylation is 3. The first-order valence-corrected chi connectivity index (χ1v) is 14.6. The molecule has 43 heavy (non-hydrogen) atoms. The van der Waals surface area contributed by atoms with E-state index < -0.39 is 35.3 Å². The molecule has 3 atom stereocenters. The molecule has 3 N–H and O–H groups in total. The number of anilines is 1. The average molecular weight is 649 g/mol. The second-order valence-corrected chi connectivity index (χ2v) is 12.5. The fourth-order valence-corrected chi connectivity index (χ4v) is 6.44. The maximum Gasteiger partial charge on any atom is 0.278 e. The SMILES string of the molecule is Cc1ncc(-c2cc(C)c3c(c2)c(C(=O)CO)nn3CC(=O)N2[C@@H]3C[C@]3(C)C[C@@]2(O)C(=O)Nc2nc(Br)ccc2C)cn1. The topological polar surface area (TPSA) is 163 Å². The Morgan fingerprint density at radius 2 is 1.81 bits per heavy atom. The number of amides is 2. The number of aliphatic hydroxyl groups excluding tert-OH is 1. The zero-order valence-electron chi connectivity index (χ0n) is 24.1. The number of pyridine rings is 1. The van der Waals surface area contributed by atoms with Crippen LogP contribution in [-0.4, -0.2) is 75.8 Å². The monoisotopic (exact) mass is 647 g/mol.